The molecule has 0 bridgehead atoms. The van der Waals surface area contributed by atoms with E-state index in [1.54, 1.807) is 14.1 Å². The Morgan fingerprint density at radius 2 is 1.86 bits per heavy atom. The van der Waals surface area contributed by atoms with Crippen LogP contribution in [0.2, 0.25) is 0 Å². The second-order valence-electron chi connectivity index (χ2n) is 2.68. The Kier molecular flexibility index (Phi) is 4.98. The van der Waals surface area contributed by atoms with Crippen molar-refractivity contribution in [3.63, 3.8) is 0 Å². The van der Waals surface area contributed by atoms with Crippen molar-refractivity contribution >= 4 is 17.8 Å². The lowest BCUT2D eigenvalue weighted by Gasteiger charge is -2.09. The van der Waals surface area contributed by atoms with E-state index in [1.165, 1.54) is 4.90 Å². The first-order chi connectivity index (χ1) is 6.43. The standard InChI is InChI=1S/C8H12N2O4/c1-10(2)7(12)5-9-6(11)3-4-8(13)14/h3-4H,5H2,1-2H3,(H,9,11)(H,13,14)/b4-3+. The van der Waals surface area contributed by atoms with E-state index in [0.29, 0.717) is 6.08 Å². The smallest absolute Gasteiger partial charge is 0.328 e. The molecule has 2 amide bonds. The molecule has 0 aliphatic heterocycles. The summed E-state index contributed by atoms with van der Waals surface area (Å²) in [6, 6.07) is 0. The Bertz CT molecular complexity index is 271. The van der Waals surface area contributed by atoms with Crippen LogP contribution in [0.15, 0.2) is 12.2 Å². The van der Waals surface area contributed by atoms with Gasteiger partial charge in [0, 0.05) is 26.2 Å². The number of carbonyl (C=O) groups excluding carboxylic acids is 2. The Morgan fingerprint density at radius 3 is 2.29 bits per heavy atom. The molecule has 0 rings (SSSR count). The van der Waals surface area contributed by atoms with Gasteiger partial charge < -0.3 is 15.3 Å². The number of rotatable bonds is 4. The molecule has 0 aliphatic rings. The summed E-state index contributed by atoms with van der Waals surface area (Å²) in [7, 11) is 3.11. The van der Waals surface area contributed by atoms with Gasteiger partial charge in [0.15, 0.2) is 0 Å². The highest BCUT2D eigenvalue weighted by molar-refractivity contribution is 5.95. The number of amides is 2. The van der Waals surface area contributed by atoms with Crippen LogP contribution in [-0.2, 0) is 14.4 Å². The van der Waals surface area contributed by atoms with E-state index in [0.717, 1.165) is 6.08 Å². The van der Waals surface area contributed by atoms with Gasteiger partial charge in [0.25, 0.3) is 0 Å². The zero-order valence-electron chi connectivity index (χ0n) is 7.98. The van der Waals surface area contributed by atoms with Gasteiger partial charge in [-0.25, -0.2) is 4.79 Å². The quantitative estimate of drug-likeness (QED) is 0.560. The van der Waals surface area contributed by atoms with Crippen LogP contribution in [0.3, 0.4) is 0 Å². The normalized spacial score (nSPS) is 9.86. The van der Waals surface area contributed by atoms with Gasteiger partial charge in [-0.2, -0.15) is 0 Å². The average Bonchev–Trinajstić information content (AvgIpc) is 2.10. The first-order valence-corrected chi connectivity index (χ1v) is 3.82. The van der Waals surface area contributed by atoms with E-state index in [-0.39, 0.29) is 12.5 Å². The van der Waals surface area contributed by atoms with E-state index in [4.69, 9.17) is 5.11 Å². The van der Waals surface area contributed by atoms with Crippen molar-refractivity contribution in [3.8, 4) is 0 Å². The third-order valence-corrected chi connectivity index (χ3v) is 1.29. The van der Waals surface area contributed by atoms with Crippen LogP contribution in [0.25, 0.3) is 0 Å². The second kappa shape index (κ2) is 5.74. The zero-order chi connectivity index (χ0) is 11.1. The molecule has 0 unspecified atom stereocenters. The molecule has 2 N–H and O–H groups in total. The fourth-order valence-corrected chi connectivity index (χ4v) is 0.527. The number of carboxylic acid groups (broad SMARTS) is 1. The summed E-state index contributed by atoms with van der Waals surface area (Å²) in [6.07, 6.45) is 1.56. The first-order valence-electron chi connectivity index (χ1n) is 3.82. The monoisotopic (exact) mass is 200 g/mol. The van der Waals surface area contributed by atoms with Crippen molar-refractivity contribution in [3.05, 3.63) is 12.2 Å². The van der Waals surface area contributed by atoms with Crippen molar-refractivity contribution in [2.75, 3.05) is 20.6 Å². The average molecular weight is 200 g/mol. The highest BCUT2D eigenvalue weighted by Gasteiger charge is 2.04. The van der Waals surface area contributed by atoms with Crippen molar-refractivity contribution in [1.29, 1.82) is 0 Å². The third-order valence-electron chi connectivity index (χ3n) is 1.29. The molecule has 78 valence electrons. The van der Waals surface area contributed by atoms with E-state index >= 15 is 0 Å². The van der Waals surface area contributed by atoms with E-state index in [2.05, 4.69) is 5.32 Å². The maximum Gasteiger partial charge on any atom is 0.328 e. The molecule has 6 nitrogen and oxygen atoms in total. The van der Waals surface area contributed by atoms with Gasteiger partial charge in [0.2, 0.25) is 11.8 Å². The SMILES string of the molecule is CN(C)C(=O)CNC(=O)/C=C/C(=O)O. The predicted octanol–water partition coefficient (Wildman–Crippen LogP) is -1.17. The van der Waals surface area contributed by atoms with Gasteiger partial charge in [-0.15, -0.1) is 0 Å². The fourth-order valence-electron chi connectivity index (χ4n) is 0.527. The largest absolute Gasteiger partial charge is 0.478 e. The molecule has 0 saturated heterocycles. The highest BCUT2D eigenvalue weighted by Crippen LogP contribution is 1.78. The second-order valence-corrected chi connectivity index (χ2v) is 2.68. The maximum atomic E-state index is 11.0. The molecule has 0 heterocycles. The maximum absolute atomic E-state index is 11.0. The number of carboxylic acids is 1. The van der Waals surface area contributed by atoms with Crippen LogP contribution in [0.4, 0.5) is 0 Å². The molecular formula is C8H12N2O4. The number of nitrogens with one attached hydrogen (secondary N) is 1. The molecule has 0 fully saturated rings. The summed E-state index contributed by atoms with van der Waals surface area (Å²) in [4.78, 5) is 33.1. The van der Waals surface area contributed by atoms with Crippen molar-refractivity contribution < 1.29 is 19.5 Å². The molecule has 0 radical (unpaired) electrons. The lowest BCUT2D eigenvalue weighted by molar-refractivity contribution is -0.131. The summed E-state index contributed by atoms with van der Waals surface area (Å²) in [5, 5.41) is 10.4. The van der Waals surface area contributed by atoms with Gasteiger partial charge in [-0.1, -0.05) is 0 Å². The van der Waals surface area contributed by atoms with Gasteiger partial charge in [-0.3, -0.25) is 9.59 Å². The minimum absolute atomic E-state index is 0.143. The summed E-state index contributed by atoms with van der Waals surface area (Å²) in [5.41, 5.74) is 0. The molecule has 0 saturated carbocycles. The Labute approximate surface area is 81.2 Å². The third kappa shape index (κ3) is 5.76. The number of likely N-dealkylation sites (N-methyl/N-ethyl adjacent to an activating group) is 1. The Balaban J connectivity index is 3.86. The minimum atomic E-state index is -1.21. The molecule has 0 aromatic heterocycles. The molecule has 6 heteroatoms. The van der Waals surface area contributed by atoms with E-state index in [9.17, 15) is 14.4 Å². The Hall–Kier alpha value is -1.85. The van der Waals surface area contributed by atoms with Crippen LogP contribution < -0.4 is 5.32 Å². The number of hydrogen-bond donors (Lipinski definition) is 2. The minimum Gasteiger partial charge on any atom is -0.478 e. The van der Waals surface area contributed by atoms with Crippen LogP contribution in [-0.4, -0.2) is 48.4 Å². The van der Waals surface area contributed by atoms with Crippen molar-refractivity contribution in [2.24, 2.45) is 0 Å². The summed E-state index contributed by atoms with van der Waals surface area (Å²) in [6.45, 7) is -0.143. The molecule has 0 aromatic rings. The van der Waals surface area contributed by atoms with Gasteiger partial charge >= 0.3 is 5.97 Å². The molecule has 0 aromatic carbocycles. The molecule has 0 spiro atoms. The topological polar surface area (TPSA) is 86.7 Å². The van der Waals surface area contributed by atoms with Gasteiger partial charge in [-0.05, 0) is 0 Å². The Morgan fingerprint density at radius 1 is 1.29 bits per heavy atom. The van der Waals surface area contributed by atoms with Crippen LogP contribution in [0.1, 0.15) is 0 Å². The van der Waals surface area contributed by atoms with Crippen LogP contribution in [0, 0.1) is 0 Å². The van der Waals surface area contributed by atoms with Gasteiger partial charge in [0.05, 0.1) is 6.54 Å². The fraction of sp³-hybridized carbons (Fsp3) is 0.375. The van der Waals surface area contributed by atoms with Crippen molar-refractivity contribution in [1.82, 2.24) is 10.2 Å². The number of aliphatic carboxylic acids is 1. The number of nitrogens with zero attached hydrogens (tertiary/aromatic N) is 1. The van der Waals surface area contributed by atoms with E-state index in [1.807, 2.05) is 0 Å². The predicted molar refractivity (Wildman–Crippen MR) is 48.5 cm³/mol. The summed E-state index contributed by atoms with van der Waals surface area (Å²) in [5.74, 6) is -2.08. The van der Waals surface area contributed by atoms with E-state index < -0.39 is 11.9 Å². The summed E-state index contributed by atoms with van der Waals surface area (Å²) < 4.78 is 0. The molecule has 0 aliphatic carbocycles. The summed E-state index contributed by atoms with van der Waals surface area (Å²) >= 11 is 0. The molecular weight excluding hydrogens is 188 g/mol. The highest BCUT2D eigenvalue weighted by atomic mass is 16.4. The number of hydrogen-bond acceptors (Lipinski definition) is 3. The van der Waals surface area contributed by atoms with Crippen LogP contribution in [0.5, 0.6) is 0 Å². The zero-order valence-corrected chi connectivity index (χ0v) is 7.98. The molecule has 0 atom stereocenters. The number of carbonyl (C=O) groups is 3. The van der Waals surface area contributed by atoms with Gasteiger partial charge in [0.1, 0.15) is 0 Å². The lowest BCUT2D eigenvalue weighted by Crippen LogP contribution is -2.35. The van der Waals surface area contributed by atoms with Crippen molar-refractivity contribution in [2.45, 2.75) is 0 Å². The lowest BCUT2D eigenvalue weighted by atomic mass is 10.4. The first kappa shape index (κ1) is 12.2. The molecule has 14 heavy (non-hydrogen) atoms. The van der Waals surface area contributed by atoms with Crippen LogP contribution >= 0.6 is 0 Å².